The first-order valence-electron chi connectivity index (χ1n) is 11.5. The number of carbonyl (C=O) groups excluding carboxylic acids is 1. The normalized spacial score (nSPS) is 11.1. The number of rotatable bonds is 8. The minimum absolute atomic E-state index is 0.0104. The quantitative estimate of drug-likeness (QED) is 0.156. The van der Waals surface area contributed by atoms with Crippen molar-refractivity contribution in [1.29, 1.82) is 5.26 Å². The van der Waals surface area contributed by atoms with Gasteiger partial charge in [-0.3, -0.25) is 4.79 Å². The topological polar surface area (TPSA) is 62.1 Å². The molecule has 36 heavy (non-hydrogen) atoms. The van der Waals surface area contributed by atoms with Crippen LogP contribution < -0.4 is 10.1 Å². The Balaban J connectivity index is 1.53. The third kappa shape index (κ3) is 5.83. The van der Waals surface area contributed by atoms with Crippen LogP contribution in [0.15, 0.2) is 97.1 Å². The summed E-state index contributed by atoms with van der Waals surface area (Å²) in [6, 6.07) is 27.3. The third-order valence-corrected chi connectivity index (χ3v) is 6.26. The van der Waals surface area contributed by atoms with Crippen LogP contribution in [-0.2, 0) is 17.8 Å². The summed E-state index contributed by atoms with van der Waals surface area (Å²) in [4.78, 5) is 12.8. The molecule has 0 fully saturated rings. The summed E-state index contributed by atoms with van der Waals surface area (Å²) >= 11 is 6.14. The summed E-state index contributed by atoms with van der Waals surface area (Å²) in [6.07, 6.45) is 3.95. The molecule has 0 spiro atoms. The molecule has 0 saturated carbocycles. The fourth-order valence-electron chi connectivity index (χ4n) is 3.88. The molecule has 0 aliphatic heterocycles. The fraction of sp³-hybridized carbons (Fsp3) is 0.0968. The number of anilines is 1. The molecular formula is C31H25ClN2O2. The van der Waals surface area contributed by atoms with Crippen LogP contribution in [-0.4, -0.2) is 5.91 Å². The van der Waals surface area contributed by atoms with Crippen molar-refractivity contribution in [3.63, 3.8) is 0 Å². The van der Waals surface area contributed by atoms with Gasteiger partial charge in [0.2, 0.25) is 0 Å². The van der Waals surface area contributed by atoms with E-state index < -0.39 is 5.91 Å². The van der Waals surface area contributed by atoms with Crippen LogP contribution in [0.2, 0.25) is 5.02 Å². The zero-order valence-electron chi connectivity index (χ0n) is 19.9. The van der Waals surface area contributed by atoms with Crippen molar-refractivity contribution in [3.05, 3.63) is 124 Å². The molecule has 0 aromatic heterocycles. The molecule has 0 bridgehead atoms. The Morgan fingerprint density at radius 1 is 1.06 bits per heavy atom. The van der Waals surface area contributed by atoms with Gasteiger partial charge >= 0.3 is 0 Å². The van der Waals surface area contributed by atoms with E-state index in [9.17, 15) is 10.1 Å². The van der Waals surface area contributed by atoms with E-state index in [0.29, 0.717) is 23.7 Å². The van der Waals surface area contributed by atoms with E-state index in [1.807, 2.05) is 43.3 Å². The van der Waals surface area contributed by atoms with Crippen molar-refractivity contribution >= 4 is 40.0 Å². The number of hydrogen-bond donors (Lipinski definition) is 1. The molecule has 5 heteroatoms. The number of amides is 1. The standard InChI is InChI=1S/C31H25ClN2O2/c1-3-7-26-16-22(17-27(19-33)31(35)34-29-11-6-10-28(32)21(29)2)13-15-30(26)36-20-23-12-14-24-8-4-5-9-25(24)18-23/h3-6,8-18H,1,7,20H2,2H3,(H,34,35)/b27-17-. The van der Waals surface area contributed by atoms with Crippen LogP contribution in [0.3, 0.4) is 0 Å². The van der Waals surface area contributed by atoms with Crippen LogP contribution in [0.5, 0.6) is 5.75 Å². The molecule has 0 aliphatic carbocycles. The number of nitrogens with zero attached hydrogens (tertiary/aromatic N) is 1. The Hall–Kier alpha value is -4.33. The number of benzene rings is 4. The molecule has 178 valence electrons. The molecule has 1 amide bonds. The Bertz CT molecular complexity index is 1520. The zero-order chi connectivity index (χ0) is 25.5. The summed E-state index contributed by atoms with van der Waals surface area (Å²) in [5.74, 6) is 0.238. The van der Waals surface area contributed by atoms with E-state index >= 15 is 0 Å². The van der Waals surface area contributed by atoms with E-state index in [1.165, 1.54) is 10.8 Å². The number of nitriles is 1. The largest absolute Gasteiger partial charge is 0.489 e. The fourth-order valence-corrected chi connectivity index (χ4v) is 4.06. The lowest BCUT2D eigenvalue weighted by molar-refractivity contribution is -0.112. The highest BCUT2D eigenvalue weighted by atomic mass is 35.5. The van der Waals surface area contributed by atoms with Gasteiger partial charge in [-0.15, -0.1) is 6.58 Å². The highest BCUT2D eigenvalue weighted by molar-refractivity contribution is 6.31. The van der Waals surface area contributed by atoms with Crippen molar-refractivity contribution in [1.82, 2.24) is 0 Å². The third-order valence-electron chi connectivity index (χ3n) is 5.85. The maximum atomic E-state index is 12.8. The smallest absolute Gasteiger partial charge is 0.266 e. The average Bonchev–Trinajstić information content (AvgIpc) is 2.89. The minimum Gasteiger partial charge on any atom is -0.489 e. The molecule has 0 atom stereocenters. The Kier molecular flexibility index (Phi) is 7.85. The van der Waals surface area contributed by atoms with Gasteiger partial charge in [-0.1, -0.05) is 66.2 Å². The number of carbonyl (C=O) groups is 1. The number of allylic oxidation sites excluding steroid dienone is 1. The van der Waals surface area contributed by atoms with Crippen molar-refractivity contribution < 1.29 is 9.53 Å². The van der Waals surface area contributed by atoms with Crippen molar-refractivity contribution in [3.8, 4) is 11.8 Å². The molecular weight excluding hydrogens is 468 g/mol. The van der Waals surface area contributed by atoms with E-state index in [0.717, 1.165) is 28.0 Å². The summed E-state index contributed by atoms with van der Waals surface area (Å²) < 4.78 is 6.14. The number of fused-ring (bicyclic) bond motifs is 1. The van der Waals surface area contributed by atoms with Crippen molar-refractivity contribution in [2.24, 2.45) is 0 Å². The number of nitrogens with one attached hydrogen (secondary N) is 1. The molecule has 0 unspecified atom stereocenters. The lowest BCUT2D eigenvalue weighted by Gasteiger charge is -2.13. The van der Waals surface area contributed by atoms with E-state index in [1.54, 1.807) is 30.4 Å². The van der Waals surface area contributed by atoms with E-state index in [-0.39, 0.29) is 5.57 Å². The summed E-state index contributed by atoms with van der Waals surface area (Å²) in [6.45, 7) is 6.09. The first kappa shape index (κ1) is 24.8. The molecule has 4 aromatic rings. The maximum absolute atomic E-state index is 12.8. The highest BCUT2D eigenvalue weighted by Gasteiger charge is 2.13. The van der Waals surface area contributed by atoms with Crippen LogP contribution in [0.4, 0.5) is 5.69 Å². The average molecular weight is 493 g/mol. The highest BCUT2D eigenvalue weighted by Crippen LogP contribution is 2.26. The summed E-state index contributed by atoms with van der Waals surface area (Å²) in [5, 5.41) is 15.3. The zero-order valence-corrected chi connectivity index (χ0v) is 20.7. The molecule has 4 rings (SSSR count). The molecule has 0 heterocycles. The van der Waals surface area contributed by atoms with Crippen LogP contribution in [0, 0.1) is 18.3 Å². The van der Waals surface area contributed by atoms with Gasteiger partial charge in [-0.25, -0.2) is 0 Å². The van der Waals surface area contributed by atoms with Crippen LogP contribution in [0.25, 0.3) is 16.8 Å². The predicted octanol–water partition coefficient (Wildman–Crippen LogP) is 7.65. The molecule has 1 N–H and O–H groups in total. The van der Waals surface area contributed by atoms with Gasteiger partial charge in [0.25, 0.3) is 5.91 Å². The van der Waals surface area contributed by atoms with Gasteiger partial charge in [-0.2, -0.15) is 5.26 Å². The monoisotopic (exact) mass is 492 g/mol. The summed E-state index contributed by atoms with van der Waals surface area (Å²) in [7, 11) is 0. The SMILES string of the molecule is C=CCc1cc(/C=C(/C#N)C(=O)Nc2cccc(Cl)c2C)ccc1OCc1ccc2ccccc2c1. The van der Waals surface area contributed by atoms with Gasteiger partial charge in [0.05, 0.1) is 0 Å². The van der Waals surface area contributed by atoms with Crippen molar-refractivity contribution in [2.45, 2.75) is 20.0 Å². The first-order chi connectivity index (χ1) is 17.5. The van der Waals surface area contributed by atoms with Gasteiger partial charge in [0.1, 0.15) is 24.0 Å². The van der Waals surface area contributed by atoms with E-state index in [2.05, 4.69) is 42.2 Å². The predicted molar refractivity (Wildman–Crippen MR) is 147 cm³/mol. The second-order valence-electron chi connectivity index (χ2n) is 8.37. The van der Waals surface area contributed by atoms with Crippen molar-refractivity contribution in [2.75, 3.05) is 5.32 Å². The molecule has 0 aliphatic rings. The number of halogens is 1. The lowest BCUT2D eigenvalue weighted by Crippen LogP contribution is -2.14. The maximum Gasteiger partial charge on any atom is 0.266 e. The Morgan fingerprint density at radius 3 is 2.64 bits per heavy atom. The van der Waals surface area contributed by atoms with Crippen LogP contribution in [0.1, 0.15) is 22.3 Å². The Labute approximate surface area is 216 Å². The number of ether oxygens (including phenoxy) is 1. The van der Waals surface area contributed by atoms with Crippen LogP contribution >= 0.6 is 11.6 Å². The number of hydrogen-bond acceptors (Lipinski definition) is 3. The summed E-state index contributed by atoms with van der Waals surface area (Å²) in [5.41, 5.74) is 4.01. The van der Waals surface area contributed by atoms with Gasteiger partial charge in [-0.05, 0) is 82.8 Å². The molecule has 4 nitrogen and oxygen atoms in total. The minimum atomic E-state index is -0.496. The Morgan fingerprint density at radius 2 is 1.86 bits per heavy atom. The van der Waals surface area contributed by atoms with Gasteiger partial charge < -0.3 is 10.1 Å². The molecule has 0 radical (unpaired) electrons. The second kappa shape index (κ2) is 11.4. The molecule has 0 saturated heterocycles. The van der Waals surface area contributed by atoms with Gasteiger partial charge in [0.15, 0.2) is 0 Å². The second-order valence-corrected chi connectivity index (χ2v) is 8.77. The molecule has 4 aromatic carbocycles. The van der Waals surface area contributed by atoms with E-state index in [4.69, 9.17) is 16.3 Å². The first-order valence-corrected chi connectivity index (χ1v) is 11.9. The van der Waals surface area contributed by atoms with Gasteiger partial charge in [0, 0.05) is 10.7 Å². The lowest BCUT2D eigenvalue weighted by atomic mass is 10.0.